The Bertz CT molecular complexity index is 210. The third kappa shape index (κ3) is 7.37. The molecule has 0 unspecified atom stereocenters. The molecule has 3 nitrogen and oxygen atoms in total. The van der Waals surface area contributed by atoms with Crippen LogP contribution in [-0.2, 0) is 4.79 Å². The van der Waals surface area contributed by atoms with Crippen LogP contribution in [0.15, 0.2) is 0 Å². The second kappa shape index (κ2) is 8.51. The first-order valence-electron chi connectivity index (χ1n) is 7.16. The van der Waals surface area contributed by atoms with Crippen molar-refractivity contribution in [1.82, 2.24) is 10.6 Å². The van der Waals surface area contributed by atoms with Gasteiger partial charge in [-0.2, -0.15) is 0 Å². The van der Waals surface area contributed by atoms with Crippen molar-refractivity contribution in [3.63, 3.8) is 0 Å². The molecule has 1 fully saturated rings. The summed E-state index contributed by atoms with van der Waals surface area (Å²) in [7, 11) is 0. The van der Waals surface area contributed by atoms with Gasteiger partial charge in [0.05, 0.1) is 6.54 Å². The normalized spacial score (nSPS) is 17.4. The van der Waals surface area contributed by atoms with Crippen molar-refractivity contribution in [2.24, 2.45) is 11.8 Å². The van der Waals surface area contributed by atoms with Crippen molar-refractivity contribution in [2.75, 3.05) is 19.6 Å². The molecule has 0 aliphatic heterocycles. The summed E-state index contributed by atoms with van der Waals surface area (Å²) in [5.41, 5.74) is 0. The molecule has 0 saturated heterocycles. The zero-order chi connectivity index (χ0) is 12.5. The van der Waals surface area contributed by atoms with E-state index in [0.29, 0.717) is 12.5 Å². The molecule has 1 aliphatic carbocycles. The number of rotatable bonds is 7. The first kappa shape index (κ1) is 14.5. The Morgan fingerprint density at radius 3 is 2.59 bits per heavy atom. The standard InChI is InChI=1S/C14H28N2O/c1-12(2)8-9-16-14(17)11-15-10-13-6-4-3-5-7-13/h12-13,15H,3-11H2,1-2H3,(H,16,17). The second-order valence-electron chi connectivity index (χ2n) is 5.67. The van der Waals surface area contributed by atoms with Gasteiger partial charge in [-0.15, -0.1) is 0 Å². The first-order chi connectivity index (χ1) is 8.18. The summed E-state index contributed by atoms with van der Waals surface area (Å²) in [6.45, 7) is 6.65. The van der Waals surface area contributed by atoms with Gasteiger partial charge in [0.25, 0.3) is 0 Å². The van der Waals surface area contributed by atoms with Crippen LogP contribution in [0.25, 0.3) is 0 Å². The van der Waals surface area contributed by atoms with E-state index in [2.05, 4.69) is 24.5 Å². The minimum absolute atomic E-state index is 0.140. The van der Waals surface area contributed by atoms with Crippen LogP contribution in [0.5, 0.6) is 0 Å². The molecule has 0 aromatic heterocycles. The van der Waals surface area contributed by atoms with Gasteiger partial charge in [-0.3, -0.25) is 4.79 Å². The van der Waals surface area contributed by atoms with Gasteiger partial charge in [0.1, 0.15) is 0 Å². The van der Waals surface area contributed by atoms with E-state index in [-0.39, 0.29) is 5.91 Å². The van der Waals surface area contributed by atoms with Crippen LogP contribution in [0.2, 0.25) is 0 Å². The molecule has 0 aromatic rings. The molecule has 1 amide bonds. The third-order valence-corrected chi connectivity index (χ3v) is 3.49. The van der Waals surface area contributed by atoms with Crippen molar-refractivity contribution in [3.8, 4) is 0 Å². The van der Waals surface area contributed by atoms with Crippen molar-refractivity contribution in [1.29, 1.82) is 0 Å². The molecule has 17 heavy (non-hydrogen) atoms. The third-order valence-electron chi connectivity index (χ3n) is 3.49. The highest BCUT2D eigenvalue weighted by atomic mass is 16.1. The van der Waals surface area contributed by atoms with E-state index in [1.165, 1.54) is 32.1 Å². The Kier molecular flexibility index (Phi) is 7.25. The van der Waals surface area contributed by atoms with Gasteiger partial charge in [-0.1, -0.05) is 33.1 Å². The van der Waals surface area contributed by atoms with Crippen molar-refractivity contribution in [3.05, 3.63) is 0 Å². The maximum atomic E-state index is 11.5. The Labute approximate surface area is 106 Å². The van der Waals surface area contributed by atoms with E-state index in [0.717, 1.165) is 25.4 Å². The molecular weight excluding hydrogens is 212 g/mol. The summed E-state index contributed by atoms with van der Waals surface area (Å²) in [6, 6.07) is 0. The van der Waals surface area contributed by atoms with E-state index in [1.807, 2.05) is 0 Å². The quantitative estimate of drug-likeness (QED) is 0.717. The van der Waals surface area contributed by atoms with Crippen molar-refractivity contribution < 1.29 is 4.79 Å². The number of hydrogen-bond donors (Lipinski definition) is 2. The lowest BCUT2D eigenvalue weighted by Crippen LogP contribution is -2.37. The van der Waals surface area contributed by atoms with Crippen molar-refractivity contribution >= 4 is 5.91 Å². The van der Waals surface area contributed by atoms with Crippen LogP contribution in [0.4, 0.5) is 0 Å². The highest BCUT2D eigenvalue weighted by molar-refractivity contribution is 5.77. The van der Waals surface area contributed by atoms with Crippen LogP contribution >= 0.6 is 0 Å². The molecule has 1 rings (SSSR count). The summed E-state index contributed by atoms with van der Waals surface area (Å²) in [5.74, 6) is 1.60. The average molecular weight is 240 g/mol. The fraction of sp³-hybridized carbons (Fsp3) is 0.929. The summed E-state index contributed by atoms with van der Waals surface area (Å²) >= 11 is 0. The molecule has 0 bridgehead atoms. The van der Waals surface area contributed by atoms with Crippen LogP contribution in [-0.4, -0.2) is 25.5 Å². The molecule has 0 atom stereocenters. The van der Waals surface area contributed by atoms with Gasteiger partial charge in [0.2, 0.25) is 5.91 Å². The Hall–Kier alpha value is -0.570. The average Bonchev–Trinajstić information content (AvgIpc) is 2.30. The molecule has 0 spiro atoms. The predicted molar refractivity (Wildman–Crippen MR) is 71.9 cm³/mol. The van der Waals surface area contributed by atoms with Gasteiger partial charge in [-0.25, -0.2) is 0 Å². The number of carbonyl (C=O) groups is 1. The molecule has 0 radical (unpaired) electrons. The highest BCUT2D eigenvalue weighted by Gasteiger charge is 2.13. The first-order valence-corrected chi connectivity index (χ1v) is 7.16. The lowest BCUT2D eigenvalue weighted by Gasteiger charge is -2.21. The molecule has 0 aromatic carbocycles. The lowest BCUT2D eigenvalue weighted by molar-refractivity contribution is -0.120. The SMILES string of the molecule is CC(C)CCNC(=O)CNCC1CCCCC1. The minimum atomic E-state index is 0.140. The molecule has 0 heterocycles. The van der Waals surface area contributed by atoms with E-state index in [1.54, 1.807) is 0 Å². The Morgan fingerprint density at radius 2 is 1.94 bits per heavy atom. The van der Waals surface area contributed by atoms with Gasteiger partial charge in [0, 0.05) is 6.54 Å². The van der Waals surface area contributed by atoms with Gasteiger partial charge >= 0.3 is 0 Å². The van der Waals surface area contributed by atoms with E-state index in [9.17, 15) is 4.79 Å². The lowest BCUT2D eigenvalue weighted by atomic mass is 9.89. The van der Waals surface area contributed by atoms with Crippen LogP contribution < -0.4 is 10.6 Å². The maximum Gasteiger partial charge on any atom is 0.233 e. The molecule has 1 saturated carbocycles. The summed E-state index contributed by atoms with van der Waals surface area (Å²) in [5, 5.41) is 6.23. The summed E-state index contributed by atoms with van der Waals surface area (Å²) in [6.07, 6.45) is 7.87. The van der Waals surface area contributed by atoms with Crippen LogP contribution in [0, 0.1) is 11.8 Å². The smallest absolute Gasteiger partial charge is 0.233 e. The fourth-order valence-corrected chi connectivity index (χ4v) is 2.34. The van der Waals surface area contributed by atoms with E-state index >= 15 is 0 Å². The number of carbonyl (C=O) groups excluding carboxylic acids is 1. The zero-order valence-electron chi connectivity index (χ0n) is 11.4. The monoisotopic (exact) mass is 240 g/mol. The summed E-state index contributed by atoms with van der Waals surface area (Å²) < 4.78 is 0. The Morgan fingerprint density at radius 1 is 1.24 bits per heavy atom. The van der Waals surface area contributed by atoms with E-state index in [4.69, 9.17) is 0 Å². The highest BCUT2D eigenvalue weighted by Crippen LogP contribution is 2.22. The molecule has 2 N–H and O–H groups in total. The van der Waals surface area contributed by atoms with Gasteiger partial charge in [-0.05, 0) is 37.6 Å². The molecule has 1 aliphatic rings. The molecular formula is C14H28N2O. The molecule has 100 valence electrons. The Balaban J connectivity index is 1.95. The van der Waals surface area contributed by atoms with Crippen LogP contribution in [0.3, 0.4) is 0 Å². The predicted octanol–water partition coefficient (Wildman–Crippen LogP) is 2.32. The zero-order valence-corrected chi connectivity index (χ0v) is 11.4. The number of amides is 1. The maximum absolute atomic E-state index is 11.5. The second-order valence-corrected chi connectivity index (χ2v) is 5.67. The summed E-state index contributed by atoms with van der Waals surface area (Å²) in [4.78, 5) is 11.5. The largest absolute Gasteiger partial charge is 0.355 e. The minimum Gasteiger partial charge on any atom is -0.355 e. The topological polar surface area (TPSA) is 41.1 Å². The number of nitrogens with one attached hydrogen (secondary N) is 2. The van der Waals surface area contributed by atoms with Gasteiger partial charge < -0.3 is 10.6 Å². The number of hydrogen-bond acceptors (Lipinski definition) is 2. The van der Waals surface area contributed by atoms with Gasteiger partial charge in [0.15, 0.2) is 0 Å². The fourth-order valence-electron chi connectivity index (χ4n) is 2.34. The van der Waals surface area contributed by atoms with Crippen LogP contribution in [0.1, 0.15) is 52.4 Å². The molecule has 3 heteroatoms. The van der Waals surface area contributed by atoms with Crippen molar-refractivity contribution in [2.45, 2.75) is 52.4 Å². The van der Waals surface area contributed by atoms with E-state index < -0.39 is 0 Å².